The van der Waals surface area contributed by atoms with Crippen molar-refractivity contribution in [3.63, 3.8) is 0 Å². The smallest absolute Gasteiger partial charge is 0.407 e. The predicted octanol–water partition coefficient (Wildman–Crippen LogP) is 4.31. The van der Waals surface area contributed by atoms with E-state index in [0.29, 0.717) is 13.2 Å². The molecule has 0 fully saturated rings. The molecule has 1 aliphatic heterocycles. The summed E-state index contributed by atoms with van der Waals surface area (Å²) in [4.78, 5) is 40.3. The number of nitrogens with zero attached hydrogens (tertiary/aromatic N) is 1. The number of rotatable bonds is 11. The number of hydrogen-bond donors (Lipinski definition) is 3. The number of nitrogens with one attached hydrogen (secondary N) is 1. The molecule has 10 heteroatoms. The van der Waals surface area contributed by atoms with Gasteiger partial charge in [0.2, 0.25) is 5.91 Å². The molecule has 2 amide bonds. The fourth-order valence-electron chi connectivity index (χ4n) is 4.35. The van der Waals surface area contributed by atoms with Crippen LogP contribution >= 0.6 is 11.8 Å². The summed E-state index contributed by atoms with van der Waals surface area (Å²) in [6.07, 6.45) is -1.47. The maximum absolute atomic E-state index is 13.6. The largest absolute Gasteiger partial charge is 0.481 e. The number of aliphatic carboxylic acids is 1. The molecule has 0 aliphatic carbocycles. The highest BCUT2D eigenvalue weighted by Gasteiger charge is 2.36. The van der Waals surface area contributed by atoms with Crippen molar-refractivity contribution in [2.45, 2.75) is 88.7 Å². The van der Waals surface area contributed by atoms with Crippen LogP contribution in [0.1, 0.15) is 60.8 Å². The maximum Gasteiger partial charge on any atom is 0.407 e. The summed E-state index contributed by atoms with van der Waals surface area (Å²) in [5.41, 5.74) is -0.502. The highest BCUT2D eigenvalue weighted by Crippen LogP contribution is 2.40. The number of carboxylic acid groups (broad SMARTS) is 1. The molecule has 0 spiro atoms. The molecular formula is C27H42N2O7S. The van der Waals surface area contributed by atoms with E-state index in [1.165, 1.54) is 6.92 Å². The molecule has 208 valence electrons. The highest BCUT2D eigenvalue weighted by atomic mass is 32.2. The lowest BCUT2D eigenvalue weighted by Crippen LogP contribution is -2.49. The van der Waals surface area contributed by atoms with Gasteiger partial charge >= 0.3 is 12.1 Å². The molecule has 0 radical (unpaired) electrons. The first-order chi connectivity index (χ1) is 17.1. The van der Waals surface area contributed by atoms with Crippen LogP contribution in [-0.2, 0) is 19.1 Å². The average Bonchev–Trinajstić information content (AvgIpc) is 2.76. The second-order valence-electron chi connectivity index (χ2n) is 11.5. The van der Waals surface area contributed by atoms with E-state index in [4.69, 9.17) is 9.47 Å². The van der Waals surface area contributed by atoms with Gasteiger partial charge in [-0.1, -0.05) is 32.9 Å². The Kier molecular flexibility index (Phi) is 10.8. The van der Waals surface area contributed by atoms with Gasteiger partial charge in [-0.05, 0) is 51.2 Å². The van der Waals surface area contributed by atoms with E-state index in [9.17, 15) is 24.6 Å². The van der Waals surface area contributed by atoms with Gasteiger partial charge in [0, 0.05) is 25.0 Å². The number of aliphatic hydroxyl groups is 1. The number of carbonyl (C=O) groups is 3. The van der Waals surface area contributed by atoms with E-state index < -0.39 is 41.1 Å². The lowest BCUT2D eigenvalue weighted by atomic mass is 9.79. The van der Waals surface area contributed by atoms with Crippen LogP contribution in [0.25, 0.3) is 0 Å². The Morgan fingerprint density at radius 2 is 1.84 bits per heavy atom. The van der Waals surface area contributed by atoms with Gasteiger partial charge in [0.05, 0.1) is 35.6 Å². The Hall–Kier alpha value is -2.30. The first kappa shape index (κ1) is 30.9. The van der Waals surface area contributed by atoms with Gasteiger partial charge in [-0.25, -0.2) is 4.79 Å². The summed E-state index contributed by atoms with van der Waals surface area (Å²) in [5, 5.41) is 23.0. The molecule has 0 saturated carbocycles. The fourth-order valence-corrected chi connectivity index (χ4v) is 5.59. The number of amides is 2. The summed E-state index contributed by atoms with van der Waals surface area (Å²) in [5.74, 6) is -1.90. The Bertz CT molecular complexity index is 947. The second kappa shape index (κ2) is 13.0. The van der Waals surface area contributed by atoms with Crippen molar-refractivity contribution in [3.8, 4) is 0 Å². The molecule has 0 unspecified atom stereocenters. The fraction of sp³-hybridized carbons (Fsp3) is 0.667. The first-order valence-electron chi connectivity index (χ1n) is 12.6. The number of thioether (sulfide) groups is 1. The number of benzene rings is 1. The molecule has 1 heterocycles. The number of carbonyl (C=O) groups excluding carboxylic acids is 2. The van der Waals surface area contributed by atoms with Crippen molar-refractivity contribution in [1.29, 1.82) is 0 Å². The molecule has 1 aromatic carbocycles. The summed E-state index contributed by atoms with van der Waals surface area (Å²) >= 11 is 1.69. The molecular weight excluding hydrogens is 496 g/mol. The molecule has 1 aliphatic rings. The Labute approximate surface area is 224 Å². The summed E-state index contributed by atoms with van der Waals surface area (Å²) in [6, 6.07) is 6.97. The maximum atomic E-state index is 13.6. The monoisotopic (exact) mass is 538 g/mol. The van der Waals surface area contributed by atoms with E-state index in [0.717, 1.165) is 10.6 Å². The third-order valence-electron chi connectivity index (χ3n) is 6.07. The zero-order valence-electron chi connectivity index (χ0n) is 22.9. The van der Waals surface area contributed by atoms with Crippen LogP contribution in [0.4, 0.5) is 10.5 Å². The standard InChI is InChI=1S/C27H42N2O7S/c1-17(24(32)33)12-21(30)19(28-25(34)36-26(2,3)4)13-27(5,6)14-23(31)29-15-18(16-35-7)37-22-11-9-8-10-20(22)29/h8-11,17-19,21,30H,12-16H2,1-7H3,(H,28,34)(H,32,33)/t17-,18-,19+,21+/m1/s1. The molecule has 9 nitrogen and oxygen atoms in total. The van der Waals surface area contributed by atoms with Gasteiger partial charge in [-0.15, -0.1) is 11.8 Å². The molecule has 0 bridgehead atoms. The first-order valence-corrected chi connectivity index (χ1v) is 13.4. The number of fused-ring (bicyclic) bond motifs is 1. The topological polar surface area (TPSA) is 125 Å². The second-order valence-corrected chi connectivity index (χ2v) is 12.8. The van der Waals surface area contributed by atoms with E-state index in [2.05, 4.69) is 5.32 Å². The third-order valence-corrected chi connectivity index (χ3v) is 7.29. The van der Waals surface area contributed by atoms with Gasteiger partial charge in [0.25, 0.3) is 0 Å². The normalized spacial score (nSPS) is 18.4. The van der Waals surface area contributed by atoms with Crippen molar-refractivity contribution in [1.82, 2.24) is 5.32 Å². The van der Waals surface area contributed by atoms with Crippen LogP contribution in [0, 0.1) is 11.3 Å². The number of aliphatic hydroxyl groups excluding tert-OH is 1. The number of ether oxygens (including phenoxy) is 2. The van der Waals surface area contributed by atoms with Crippen molar-refractivity contribution in [3.05, 3.63) is 24.3 Å². The number of carboxylic acids is 1. The highest BCUT2D eigenvalue weighted by molar-refractivity contribution is 8.00. The number of methoxy groups -OCH3 is 1. The van der Waals surface area contributed by atoms with Crippen molar-refractivity contribution in [2.75, 3.05) is 25.2 Å². The SMILES string of the molecule is COC[C@H]1CN(C(=O)CC(C)(C)C[C@H](NC(=O)OC(C)(C)C)[C@@H](O)C[C@@H](C)C(=O)O)c2ccccc2S1. The minimum atomic E-state index is -1.13. The van der Waals surface area contributed by atoms with Crippen LogP contribution in [0.15, 0.2) is 29.2 Å². The van der Waals surface area contributed by atoms with Gasteiger partial charge in [-0.3, -0.25) is 9.59 Å². The third kappa shape index (κ3) is 9.83. The van der Waals surface area contributed by atoms with E-state index in [1.807, 2.05) is 38.1 Å². The van der Waals surface area contributed by atoms with E-state index in [-0.39, 0.29) is 30.4 Å². The predicted molar refractivity (Wildman–Crippen MR) is 144 cm³/mol. The number of anilines is 1. The van der Waals surface area contributed by atoms with Crippen LogP contribution in [0.5, 0.6) is 0 Å². The molecule has 0 aromatic heterocycles. The lowest BCUT2D eigenvalue weighted by molar-refractivity contribution is -0.142. The molecule has 3 N–H and O–H groups in total. The molecule has 37 heavy (non-hydrogen) atoms. The van der Waals surface area contributed by atoms with E-state index >= 15 is 0 Å². The Balaban J connectivity index is 2.20. The van der Waals surface area contributed by atoms with Gasteiger partial charge in [0.1, 0.15) is 5.60 Å². The van der Waals surface area contributed by atoms with Crippen LogP contribution in [0.2, 0.25) is 0 Å². The van der Waals surface area contributed by atoms with Crippen LogP contribution in [-0.4, -0.2) is 71.4 Å². The Morgan fingerprint density at radius 3 is 2.43 bits per heavy atom. The van der Waals surface area contributed by atoms with Crippen molar-refractivity contribution >= 4 is 35.4 Å². The molecule has 0 saturated heterocycles. The number of hydrogen-bond acceptors (Lipinski definition) is 7. The minimum absolute atomic E-state index is 0.0464. The van der Waals surface area contributed by atoms with Gasteiger partial charge in [-0.2, -0.15) is 0 Å². The minimum Gasteiger partial charge on any atom is -0.481 e. The lowest BCUT2D eigenvalue weighted by Gasteiger charge is -2.37. The van der Waals surface area contributed by atoms with Crippen LogP contribution < -0.4 is 10.2 Å². The quantitative estimate of drug-likeness (QED) is 0.381. The summed E-state index contributed by atoms with van der Waals surface area (Å²) in [7, 11) is 1.64. The summed E-state index contributed by atoms with van der Waals surface area (Å²) in [6.45, 7) is 11.5. The summed E-state index contributed by atoms with van der Waals surface area (Å²) < 4.78 is 10.7. The number of para-hydroxylation sites is 1. The molecule has 4 atom stereocenters. The van der Waals surface area contributed by atoms with Gasteiger partial charge in [0.15, 0.2) is 0 Å². The van der Waals surface area contributed by atoms with E-state index in [1.54, 1.807) is 44.5 Å². The number of alkyl carbamates (subject to hydrolysis) is 1. The van der Waals surface area contributed by atoms with Crippen molar-refractivity contribution in [2.24, 2.45) is 11.3 Å². The molecule has 1 aromatic rings. The zero-order valence-corrected chi connectivity index (χ0v) is 23.8. The zero-order chi connectivity index (χ0) is 28.0. The molecule has 2 rings (SSSR count). The Morgan fingerprint density at radius 1 is 1.19 bits per heavy atom. The van der Waals surface area contributed by atoms with Crippen molar-refractivity contribution < 1.29 is 34.1 Å². The van der Waals surface area contributed by atoms with Gasteiger partial charge < -0.3 is 29.9 Å². The average molecular weight is 539 g/mol. The van der Waals surface area contributed by atoms with Crippen LogP contribution in [0.3, 0.4) is 0 Å².